The minimum atomic E-state index is 0. The molecule has 0 amide bonds. The van der Waals surface area contributed by atoms with Gasteiger partial charge in [0.15, 0.2) is 0 Å². The molecule has 208 valence electrons. The summed E-state index contributed by atoms with van der Waals surface area (Å²) in [6.07, 6.45) is 17.8. The summed E-state index contributed by atoms with van der Waals surface area (Å²) >= 11 is 0. The molecule has 0 saturated heterocycles. The van der Waals surface area contributed by atoms with Crippen molar-refractivity contribution in [3.8, 4) is 0 Å². The van der Waals surface area contributed by atoms with Crippen LogP contribution in [0.2, 0.25) is 0 Å². The van der Waals surface area contributed by atoms with Crippen LogP contribution in [0.25, 0.3) is 0 Å². The summed E-state index contributed by atoms with van der Waals surface area (Å²) in [4.78, 5) is 10.4. The number of unbranched alkanes of at least 4 members (excludes halogenated alkanes) is 10. The van der Waals surface area contributed by atoms with E-state index in [-0.39, 0.29) is 16.5 Å². The molecule has 2 aromatic carbocycles. The SMILES string of the molecule is CCCCCCCCCCCCC(=Nc1ccc(C)c(C)c1)C(CCCC)=Nc1ccc(C)c(C)c1.[Ni]. The van der Waals surface area contributed by atoms with Gasteiger partial charge in [0.2, 0.25) is 0 Å². The van der Waals surface area contributed by atoms with Crippen LogP contribution in [0.3, 0.4) is 0 Å². The van der Waals surface area contributed by atoms with Crippen LogP contribution in [0.4, 0.5) is 11.4 Å². The summed E-state index contributed by atoms with van der Waals surface area (Å²) in [6, 6.07) is 13.1. The second-order valence-electron chi connectivity index (χ2n) is 10.7. The van der Waals surface area contributed by atoms with Gasteiger partial charge >= 0.3 is 0 Å². The van der Waals surface area contributed by atoms with Crippen molar-refractivity contribution in [3.63, 3.8) is 0 Å². The first-order valence-corrected chi connectivity index (χ1v) is 14.7. The number of rotatable bonds is 17. The quantitative estimate of drug-likeness (QED) is 0.107. The molecule has 0 radical (unpaired) electrons. The standard InChI is InChI=1S/C34H52N2.Ni/c1-7-9-11-12-13-14-15-16-17-18-20-34(36-32-24-22-28(4)30(6)26-32)33(19-10-8-2)35-31-23-21-27(3)29(5)25-31;/h21-26H,7-20H2,1-6H3;. The van der Waals surface area contributed by atoms with Crippen molar-refractivity contribution in [1.82, 2.24) is 0 Å². The molecular formula is C34H52N2Ni. The summed E-state index contributed by atoms with van der Waals surface area (Å²) in [6.45, 7) is 13.2. The minimum absolute atomic E-state index is 0. The molecular weight excluding hydrogens is 495 g/mol. The molecule has 0 fully saturated rings. The third-order valence-corrected chi connectivity index (χ3v) is 7.38. The Morgan fingerprint density at radius 3 is 1.27 bits per heavy atom. The zero-order valence-corrected chi connectivity index (χ0v) is 25.6. The van der Waals surface area contributed by atoms with Crippen LogP contribution in [0.1, 0.15) is 126 Å². The minimum Gasteiger partial charge on any atom is -0.252 e. The molecule has 0 N–H and O–H groups in total. The van der Waals surface area contributed by atoms with Gasteiger partial charge in [0.1, 0.15) is 0 Å². The first-order valence-electron chi connectivity index (χ1n) is 14.7. The fourth-order valence-corrected chi connectivity index (χ4v) is 4.56. The van der Waals surface area contributed by atoms with Crippen molar-refractivity contribution in [1.29, 1.82) is 0 Å². The van der Waals surface area contributed by atoms with Crippen LogP contribution in [-0.2, 0) is 16.5 Å². The zero-order valence-electron chi connectivity index (χ0n) is 24.6. The van der Waals surface area contributed by atoms with Crippen molar-refractivity contribution in [2.24, 2.45) is 9.98 Å². The molecule has 0 aliphatic heterocycles. The van der Waals surface area contributed by atoms with Crippen LogP contribution in [-0.4, -0.2) is 11.4 Å². The Labute approximate surface area is 238 Å². The molecule has 2 nitrogen and oxygen atoms in total. The maximum absolute atomic E-state index is 5.21. The average molecular weight is 547 g/mol. The van der Waals surface area contributed by atoms with Gasteiger partial charge in [-0.2, -0.15) is 0 Å². The van der Waals surface area contributed by atoms with Crippen LogP contribution in [0.5, 0.6) is 0 Å². The summed E-state index contributed by atoms with van der Waals surface area (Å²) in [5, 5.41) is 0. The monoisotopic (exact) mass is 546 g/mol. The Morgan fingerprint density at radius 2 is 0.865 bits per heavy atom. The average Bonchev–Trinajstić information content (AvgIpc) is 2.86. The van der Waals surface area contributed by atoms with Crippen molar-refractivity contribution < 1.29 is 16.5 Å². The third-order valence-electron chi connectivity index (χ3n) is 7.38. The molecule has 0 heterocycles. The summed E-state index contributed by atoms with van der Waals surface area (Å²) in [7, 11) is 0. The molecule has 0 aromatic heterocycles. The van der Waals surface area contributed by atoms with Gasteiger partial charge in [-0.05, 0) is 99.9 Å². The first kappa shape index (κ1) is 33.3. The summed E-state index contributed by atoms with van der Waals surface area (Å²) < 4.78 is 0. The molecule has 3 heteroatoms. The van der Waals surface area contributed by atoms with E-state index in [0.717, 1.165) is 30.6 Å². The Hall–Kier alpha value is -1.73. The molecule has 0 atom stereocenters. The van der Waals surface area contributed by atoms with Gasteiger partial charge in [-0.3, -0.25) is 9.98 Å². The molecule has 0 bridgehead atoms. The molecule has 0 unspecified atom stereocenters. The van der Waals surface area contributed by atoms with Gasteiger partial charge in [-0.25, -0.2) is 0 Å². The number of nitrogens with zero attached hydrogens (tertiary/aromatic N) is 2. The number of aliphatic imine (C=N–C) groups is 2. The predicted octanol–water partition coefficient (Wildman–Crippen LogP) is 11.3. The van der Waals surface area contributed by atoms with Crippen LogP contribution in [0, 0.1) is 27.7 Å². The molecule has 0 saturated carbocycles. The summed E-state index contributed by atoms with van der Waals surface area (Å²) in [5.74, 6) is 0. The predicted molar refractivity (Wildman–Crippen MR) is 162 cm³/mol. The van der Waals surface area contributed by atoms with E-state index >= 15 is 0 Å². The van der Waals surface area contributed by atoms with E-state index in [1.54, 1.807) is 0 Å². The van der Waals surface area contributed by atoms with Gasteiger partial charge in [-0.1, -0.05) is 90.2 Å². The maximum atomic E-state index is 5.21. The maximum Gasteiger partial charge on any atom is 0.0636 e. The molecule has 2 aromatic rings. The van der Waals surface area contributed by atoms with E-state index in [0.29, 0.717) is 0 Å². The second-order valence-corrected chi connectivity index (χ2v) is 10.7. The van der Waals surface area contributed by atoms with E-state index in [1.807, 2.05) is 0 Å². The Morgan fingerprint density at radius 1 is 0.486 bits per heavy atom. The Bertz CT molecular complexity index is 974. The van der Waals surface area contributed by atoms with Gasteiger partial charge in [-0.15, -0.1) is 0 Å². The van der Waals surface area contributed by atoms with Crippen molar-refractivity contribution >= 4 is 22.8 Å². The van der Waals surface area contributed by atoms with E-state index in [9.17, 15) is 0 Å². The molecule has 0 aliphatic rings. The Kier molecular flexibility index (Phi) is 17.4. The fraction of sp³-hybridized carbons (Fsp3) is 0.588. The number of hydrogen-bond donors (Lipinski definition) is 0. The fourth-order valence-electron chi connectivity index (χ4n) is 4.56. The Balaban J connectivity index is 0.00000684. The van der Waals surface area contributed by atoms with Gasteiger partial charge in [0, 0.05) is 16.5 Å². The largest absolute Gasteiger partial charge is 0.252 e. The van der Waals surface area contributed by atoms with Crippen molar-refractivity contribution in [2.45, 2.75) is 131 Å². The van der Waals surface area contributed by atoms with Crippen molar-refractivity contribution in [3.05, 3.63) is 58.7 Å². The van der Waals surface area contributed by atoms with Gasteiger partial charge < -0.3 is 0 Å². The van der Waals surface area contributed by atoms with Crippen LogP contribution in [0.15, 0.2) is 46.4 Å². The summed E-state index contributed by atoms with van der Waals surface area (Å²) in [5.41, 5.74) is 9.71. The van der Waals surface area contributed by atoms with E-state index in [4.69, 9.17) is 9.98 Å². The topological polar surface area (TPSA) is 24.7 Å². The number of hydrogen-bond acceptors (Lipinski definition) is 2. The first-order chi connectivity index (χ1) is 17.4. The van der Waals surface area contributed by atoms with Crippen LogP contribution >= 0.6 is 0 Å². The number of benzene rings is 2. The molecule has 2 rings (SSSR count). The van der Waals surface area contributed by atoms with Gasteiger partial charge in [0.05, 0.1) is 22.8 Å². The van der Waals surface area contributed by atoms with E-state index < -0.39 is 0 Å². The smallest absolute Gasteiger partial charge is 0.0636 e. The van der Waals surface area contributed by atoms with E-state index in [2.05, 4.69) is 77.9 Å². The normalized spacial score (nSPS) is 12.1. The van der Waals surface area contributed by atoms with Gasteiger partial charge in [0.25, 0.3) is 0 Å². The second kappa shape index (κ2) is 19.4. The number of aryl methyl sites for hydroxylation is 4. The zero-order chi connectivity index (χ0) is 26.2. The third kappa shape index (κ3) is 13.1. The molecule has 37 heavy (non-hydrogen) atoms. The van der Waals surface area contributed by atoms with Crippen LogP contribution < -0.4 is 0 Å². The van der Waals surface area contributed by atoms with Crippen molar-refractivity contribution in [2.75, 3.05) is 0 Å². The molecule has 0 aliphatic carbocycles. The molecule has 0 spiro atoms. The van der Waals surface area contributed by atoms with E-state index in [1.165, 1.54) is 104 Å².